The molecular formula is C14H11F3N4OS. The molecule has 2 aromatic rings. The van der Waals surface area contributed by atoms with Crippen LogP contribution in [0.15, 0.2) is 28.8 Å². The number of thiophene rings is 1. The number of nitrogens with zero attached hydrogens (tertiary/aromatic N) is 3. The Balaban J connectivity index is 1.90. The average molecular weight is 340 g/mol. The molecule has 0 saturated carbocycles. The van der Waals surface area contributed by atoms with Crippen LogP contribution in [0.25, 0.3) is 0 Å². The Kier molecular flexibility index (Phi) is 3.09. The van der Waals surface area contributed by atoms with Gasteiger partial charge in [0.05, 0.1) is 0 Å². The molecule has 0 radical (unpaired) electrons. The van der Waals surface area contributed by atoms with Crippen LogP contribution in [0, 0.1) is 0 Å². The second-order valence-corrected chi connectivity index (χ2v) is 6.39. The van der Waals surface area contributed by atoms with E-state index in [-0.39, 0.29) is 11.7 Å². The summed E-state index contributed by atoms with van der Waals surface area (Å²) >= 11 is 1.38. The molecule has 9 heteroatoms. The lowest BCUT2D eigenvalue weighted by molar-refractivity contribution is -0.145. The van der Waals surface area contributed by atoms with Crippen LogP contribution in [0.2, 0.25) is 0 Å². The molecule has 1 N–H and O–H groups in total. The van der Waals surface area contributed by atoms with Crippen molar-refractivity contribution in [2.24, 2.45) is 0 Å². The minimum Gasteiger partial charge on any atom is -0.328 e. The minimum absolute atomic E-state index is 0.0316. The molecule has 1 aliphatic carbocycles. The molecule has 1 unspecified atom stereocenters. The predicted octanol–water partition coefficient (Wildman–Crippen LogP) is 3.38. The molecule has 120 valence electrons. The third-order valence-corrected chi connectivity index (χ3v) is 4.86. The number of hydrogen-bond acceptors (Lipinski definition) is 5. The summed E-state index contributed by atoms with van der Waals surface area (Å²) in [4.78, 5) is 16.7. The van der Waals surface area contributed by atoms with E-state index in [2.05, 4.69) is 15.4 Å². The van der Waals surface area contributed by atoms with Crippen LogP contribution in [0.3, 0.4) is 0 Å². The maximum atomic E-state index is 12.9. The van der Waals surface area contributed by atoms with E-state index in [1.54, 1.807) is 12.1 Å². The Morgan fingerprint density at radius 2 is 2.17 bits per heavy atom. The van der Waals surface area contributed by atoms with Gasteiger partial charge in [-0.2, -0.15) is 18.2 Å². The lowest BCUT2D eigenvalue weighted by Gasteiger charge is -2.31. The van der Waals surface area contributed by atoms with Crippen molar-refractivity contribution in [1.29, 1.82) is 0 Å². The van der Waals surface area contributed by atoms with E-state index >= 15 is 0 Å². The van der Waals surface area contributed by atoms with E-state index in [0.717, 1.165) is 4.88 Å². The number of rotatable bonds is 1. The van der Waals surface area contributed by atoms with Crippen LogP contribution >= 0.6 is 11.3 Å². The van der Waals surface area contributed by atoms with Gasteiger partial charge in [0.25, 0.3) is 5.82 Å². The fourth-order valence-electron chi connectivity index (χ4n) is 2.99. The van der Waals surface area contributed by atoms with Gasteiger partial charge in [0.1, 0.15) is 6.04 Å². The van der Waals surface area contributed by atoms with Gasteiger partial charge in [-0.05, 0) is 24.3 Å². The number of nitrogens with one attached hydrogen (secondary N) is 1. The van der Waals surface area contributed by atoms with E-state index in [4.69, 9.17) is 0 Å². The fourth-order valence-corrected chi connectivity index (χ4v) is 3.80. The highest BCUT2D eigenvalue weighted by atomic mass is 32.1. The number of allylic oxidation sites excluding steroid dienone is 2. The van der Waals surface area contributed by atoms with E-state index < -0.39 is 18.0 Å². The van der Waals surface area contributed by atoms with Crippen molar-refractivity contribution in [2.75, 3.05) is 5.32 Å². The van der Waals surface area contributed by atoms with Crippen LogP contribution < -0.4 is 5.32 Å². The first-order chi connectivity index (χ1) is 10.9. The van der Waals surface area contributed by atoms with Gasteiger partial charge < -0.3 is 5.32 Å². The summed E-state index contributed by atoms with van der Waals surface area (Å²) < 4.78 is 40.0. The summed E-state index contributed by atoms with van der Waals surface area (Å²) in [6, 6.07) is 2.96. The lowest BCUT2D eigenvalue weighted by atomic mass is 9.88. The predicted molar refractivity (Wildman–Crippen MR) is 77.0 cm³/mol. The lowest BCUT2D eigenvalue weighted by Crippen LogP contribution is -2.31. The quantitative estimate of drug-likeness (QED) is 0.865. The normalized spacial score (nSPS) is 21.0. The zero-order valence-electron chi connectivity index (χ0n) is 11.7. The summed E-state index contributed by atoms with van der Waals surface area (Å²) in [5, 5.41) is 8.32. The zero-order chi connectivity index (χ0) is 16.2. The maximum absolute atomic E-state index is 12.9. The first-order valence-electron chi connectivity index (χ1n) is 7.05. The first kappa shape index (κ1) is 14.4. The van der Waals surface area contributed by atoms with Crippen molar-refractivity contribution in [2.45, 2.75) is 31.5 Å². The largest absolute Gasteiger partial charge is 0.453 e. The van der Waals surface area contributed by atoms with Gasteiger partial charge in [-0.25, -0.2) is 4.68 Å². The van der Waals surface area contributed by atoms with Crippen molar-refractivity contribution < 1.29 is 18.0 Å². The number of halogens is 3. The molecule has 2 aliphatic rings. The van der Waals surface area contributed by atoms with Gasteiger partial charge in [0, 0.05) is 22.6 Å². The van der Waals surface area contributed by atoms with Crippen molar-refractivity contribution in [3.05, 3.63) is 39.5 Å². The number of Topliss-reactive ketones (excluding diaryl/α,β-unsaturated/α-hetero) is 1. The third kappa shape index (κ3) is 2.26. The first-order valence-corrected chi connectivity index (χ1v) is 7.93. The molecule has 0 aromatic carbocycles. The second kappa shape index (κ2) is 4.92. The molecule has 0 spiro atoms. The molecule has 23 heavy (non-hydrogen) atoms. The van der Waals surface area contributed by atoms with Crippen LogP contribution in [-0.2, 0) is 11.0 Å². The maximum Gasteiger partial charge on any atom is 0.453 e. The Morgan fingerprint density at radius 1 is 1.35 bits per heavy atom. The van der Waals surface area contributed by atoms with Crippen LogP contribution in [0.1, 0.15) is 36.0 Å². The molecule has 3 heterocycles. The zero-order valence-corrected chi connectivity index (χ0v) is 12.5. The summed E-state index contributed by atoms with van der Waals surface area (Å²) in [7, 11) is 0. The molecule has 0 amide bonds. The Hall–Kier alpha value is -2.16. The third-order valence-electron chi connectivity index (χ3n) is 3.93. The van der Waals surface area contributed by atoms with Gasteiger partial charge in [0.15, 0.2) is 5.78 Å². The topological polar surface area (TPSA) is 59.8 Å². The number of carbonyl (C=O) groups excluding carboxylic acids is 1. The van der Waals surface area contributed by atoms with Gasteiger partial charge in [-0.3, -0.25) is 4.79 Å². The molecule has 1 atom stereocenters. The van der Waals surface area contributed by atoms with Gasteiger partial charge in [-0.15, -0.1) is 16.4 Å². The fraction of sp³-hybridized carbons (Fsp3) is 0.357. The van der Waals surface area contributed by atoms with Crippen molar-refractivity contribution in [3.8, 4) is 0 Å². The Morgan fingerprint density at radius 3 is 2.87 bits per heavy atom. The van der Waals surface area contributed by atoms with E-state index in [9.17, 15) is 18.0 Å². The van der Waals surface area contributed by atoms with Gasteiger partial charge >= 0.3 is 6.18 Å². The molecule has 1 aliphatic heterocycles. The molecule has 0 fully saturated rings. The standard InChI is InChI=1S/C14H11F3N4OS/c15-14(16,17)12-19-13-18-7-3-1-4-8(22)10(7)11(21(13)20-12)9-5-2-6-23-9/h2,5-6,11H,1,3-4H2,(H,18,19,20). The van der Waals surface area contributed by atoms with Crippen molar-refractivity contribution in [3.63, 3.8) is 0 Å². The van der Waals surface area contributed by atoms with Crippen molar-refractivity contribution in [1.82, 2.24) is 14.8 Å². The molecule has 2 aromatic heterocycles. The van der Waals surface area contributed by atoms with Gasteiger partial charge in [-0.1, -0.05) is 6.07 Å². The van der Waals surface area contributed by atoms with E-state index in [1.165, 1.54) is 16.0 Å². The summed E-state index contributed by atoms with van der Waals surface area (Å²) in [5.74, 6) is -1.22. The Bertz CT molecular complexity index is 807. The molecule has 0 bridgehead atoms. The SMILES string of the molecule is O=C1CCCC2=C1C(c1cccs1)n1nc(C(F)(F)F)nc1N2. The number of alkyl halides is 3. The second-order valence-electron chi connectivity index (χ2n) is 5.41. The summed E-state index contributed by atoms with van der Waals surface area (Å²) in [6.45, 7) is 0. The number of hydrogen-bond donors (Lipinski definition) is 1. The molecule has 0 saturated heterocycles. The van der Waals surface area contributed by atoms with Crippen LogP contribution in [-0.4, -0.2) is 20.5 Å². The molecule has 4 rings (SSSR count). The monoisotopic (exact) mass is 340 g/mol. The summed E-state index contributed by atoms with van der Waals surface area (Å²) in [6.07, 6.45) is -2.92. The van der Waals surface area contributed by atoms with E-state index in [1.807, 2.05) is 5.38 Å². The number of anilines is 1. The van der Waals surface area contributed by atoms with E-state index in [0.29, 0.717) is 30.5 Å². The highest BCUT2D eigenvalue weighted by Crippen LogP contribution is 2.42. The van der Waals surface area contributed by atoms with Gasteiger partial charge in [0.2, 0.25) is 5.95 Å². The number of aromatic nitrogens is 3. The van der Waals surface area contributed by atoms with Crippen molar-refractivity contribution >= 4 is 23.1 Å². The highest BCUT2D eigenvalue weighted by molar-refractivity contribution is 7.10. The summed E-state index contributed by atoms with van der Waals surface area (Å²) in [5.41, 5.74) is 1.16. The van der Waals surface area contributed by atoms with Crippen LogP contribution in [0.5, 0.6) is 0 Å². The minimum atomic E-state index is -4.63. The number of carbonyl (C=O) groups is 1. The van der Waals surface area contributed by atoms with Crippen LogP contribution in [0.4, 0.5) is 19.1 Å². The number of ketones is 1. The Labute approximate surface area is 132 Å². The number of fused-ring (bicyclic) bond motifs is 1. The smallest absolute Gasteiger partial charge is 0.328 e. The molecular weight excluding hydrogens is 329 g/mol. The molecule has 5 nitrogen and oxygen atoms in total. The average Bonchev–Trinajstić information content (AvgIpc) is 3.14. The highest BCUT2D eigenvalue weighted by Gasteiger charge is 2.42.